The van der Waals surface area contributed by atoms with Crippen molar-refractivity contribution in [3.8, 4) is 5.75 Å². The number of nitrogens with one attached hydrogen (secondary N) is 1. The zero-order chi connectivity index (χ0) is 17.7. The van der Waals surface area contributed by atoms with Crippen LogP contribution in [0.3, 0.4) is 0 Å². The number of carbonyl (C=O) groups excluding carboxylic acids is 2. The van der Waals surface area contributed by atoms with E-state index in [0.29, 0.717) is 27.9 Å². The molecule has 0 saturated heterocycles. The van der Waals surface area contributed by atoms with Crippen molar-refractivity contribution in [2.24, 2.45) is 0 Å². The first-order chi connectivity index (χ1) is 11.4. The molecule has 0 fully saturated rings. The van der Waals surface area contributed by atoms with Gasteiger partial charge in [-0.2, -0.15) is 0 Å². The minimum atomic E-state index is -0.265. The Balaban J connectivity index is 1.93. The Bertz CT molecular complexity index is 752. The highest BCUT2D eigenvalue weighted by molar-refractivity contribution is 6.35. The lowest BCUT2D eigenvalue weighted by molar-refractivity contribution is -0.123. The van der Waals surface area contributed by atoms with Crippen LogP contribution in [0, 0.1) is 13.8 Å². The van der Waals surface area contributed by atoms with Crippen molar-refractivity contribution in [1.29, 1.82) is 0 Å². The molecule has 126 valence electrons. The number of hydrogen-bond donors (Lipinski definition) is 1. The van der Waals surface area contributed by atoms with Gasteiger partial charge < -0.3 is 10.1 Å². The zero-order valence-electron chi connectivity index (χ0n) is 13.4. The first-order valence-electron chi connectivity index (χ1n) is 7.30. The van der Waals surface area contributed by atoms with Crippen LogP contribution in [0.15, 0.2) is 30.3 Å². The quantitative estimate of drug-likeness (QED) is 0.783. The second-order valence-electron chi connectivity index (χ2n) is 5.40. The SMILES string of the molecule is Cc1cc(C=O)cc(C)c1OCC(=O)NCc1ccc(Cl)cc1Cl. The van der Waals surface area contributed by atoms with Crippen LogP contribution in [0.25, 0.3) is 0 Å². The molecule has 0 unspecified atom stereocenters. The summed E-state index contributed by atoms with van der Waals surface area (Å²) in [5, 5.41) is 3.79. The van der Waals surface area contributed by atoms with E-state index in [-0.39, 0.29) is 12.5 Å². The van der Waals surface area contributed by atoms with Gasteiger partial charge in [0.2, 0.25) is 0 Å². The van der Waals surface area contributed by atoms with E-state index in [1.807, 2.05) is 13.8 Å². The van der Waals surface area contributed by atoms with Gasteiger partial charge in [-0.15, -0.1) is 0 Å². The van der Waals surface area contributed by atoms with Gasteiger partial charge >= 0.3 is 0 Å². The van der Waals surface area contributed by atoms with Crippen molar-refractivity contribution in [1.82, 2.24) is 5.32 Å². The molecular formula is C18H17Cl2NO3. The predicted octanol–water partition coefficient (Wildman–Crippen LogP) is 4.12. The number of ether oxygens (including phenoxy) is 1. The smallest absolute Gasteiger partial charge is 0.258 e. The van der Waals surface area contributed by atoms with Crippen molar-refractivity contribution in [3.63, 3.8) is 0 Å². The van der Waals surface area contributed by atoms with E-state index in [2.05, 4.69) is 5.32 Å². The summed E-state index contributed by atoms with van der Waals surface area (Å²) in [7, 11) is 0. The van der Waals surface area contributed by atoms with E-state index in [0.717, 1.165) is 23.0 Å². The van der Waals surface area contributed by atoms with Gasteiger partial charge in [-0.05, 0) is 54.8 Å². The minimum absolute atomic E-state index is 0.118. The molecule has 0 aromatic heterocycles. The molecule has 0 heterocycles. The highest BCUT2D eigenvalue weighted by Crippen LogP contribution is 2.24. The zero-order valence-corrected chi connectivity index (χ0v) is 14.9. The fraction of sp³-hybridized carbons (Fsp3) is 0.222. The maximum atomic E-state index is 12.0. The summed E-state index contributed by atoms with van der Waals surface area (Å²) < 4.78 is 5.58. The van der Waals surface area contributed by atoms with E-state index in [4.69, 9.17) is 27.9 Å². The highest BCUT2D eigenvalue weighted by atomic mass is 35.5. The van der Waals surface area contributed by atoms with Crippen LogP contribution in [0.2, 0.25) is 10.0 Å². The number of carbonyl (C=O) groups is 2. The molecule has 0 aliphatic rings. The Morgan fingerprint density at radius 2 is 1.83 bits per heavy atom. The number of aryl methyl sites for hydroxylation is 2. The Morgan fingerprint density at radius 1 is 1.17 bits per heavy atom. The molecule has 0 saturated carbocycles. The molecule has 2 aromatic carbocycles. The highest BCUT2D eigenvalue weighted by Gasteiger charge is 2.10. The van der Waals surface area contributed by atoms with Crippen LogP contribution >= 0.6 is 23.2 Å². The predicted molar refractivity (Wildman–Crippen MR) is 95.1 cm³/mol. The third-order valence-electron chi connectivity index (χ3n) is 3.46. The van der Waals surface area contributed by atoms with Crippen LogP contribution < -0.4 is 10.1 Å². The van der Waals surface area contributed by atoms with Crippen LogP contribution in [-0.4, -0.2) is 18.8 Å². The topological polar surface area (TPSA) is 55.4 Å². The molecule has 0 aliphatic carbocycles. The van der Waals surface area contributed by atoms with Gasteiger partial charge in [0.15, 0.2) is 6.61 Å². The minimum Gasteiger partial charge on any atom is -0.483 e. The molecule has 2 aromatic rings. The van der Waals surface area contributed by atoms with Gasteiger partial charge in [0.25, 0.3) is 5.91 Å². The van der Waals surface area contributed by atoms with Crippen molar-refractivity contribution in [2.75, 3.05) is 6.61 Å². The summed E-state index contributed by atoms with van der Waals surface area (Å²) in [6.07, 6.45) is 0.784. The van der Waals surface area contributed by atoms with Crippen LogP contribution in [0.4, 0.5) is 0 Å². The molecule has 1 amide bonds. The van der Waals surface area contributed by atoms with Crippen LogP contribution in [-0.2, 0) is 11.3 Å². The van der Waals surface area contributed by atoms with Crippen molar-refractivity contribution >= 4 is 35.4 Å². The number of benzene rings is 2. The van der Waals surface area contributed by atoms with E-state index >= 15 is 0 Å². The summed E-state index contributed by atoms with van der Waals surface area (Å²) >= 11 is 11.9. The van der Waals surface area contributed by atoms with E-state index in [1.165, 1.54) is 0 Å². The standard InChI is InChI=1S/C18H17Cl2NO3/c1-11-5-13(9-22)6-12(2)18(11)24-10-17(23)21-8-14-3-4-15(19)7-16(14)20/h3-7,9H,8,10H2,1-2H3,(H,21,23). The summed E-state index contributed by atoms with van der Waals surface area (Å²) in [5.41, 5.74) is 2.98. The second kappa shape index (κ2) is 8.18. The lowest BCUT2D eigenvalue weighted by Gasteiger charge is -2.13. The van der Waals surface area contributed by atoms with Gasteiger partial charge in [0.05, 0.1) is 0 Å². The number of aldehydes is 1. The normalized spacial score (nSPS) is 10.3. The van der Waals surface area contributed by atoms with Crippen molar-refractivity contribution in [3.05, 3.63) is 62.6 Å². The molecular weight excluding hydrogens is 349 g/mol. The van der Waals surface area contributed by atoms with Crippen LogP contribution in [0.1, 0.15) is 27.0 Å². The van der Waals surface area contributed by atoms with Gasteiger partial charge in [-0.3, -0.25) is 9.59 Å². The Labute approximate surface area is 150 Å². The first-order valence-corrected chi connectivity index (χ1v) is 8.06. The van der Waals surface area contributed by atoms with Crippen molar-refractivity contribution < 1.29 is 14.3 Å². The monoisotopic (exact) mass is 365 g/mol. The summed E-state index contributed by atoms with van der Waals surface area (Å²) in [4.78, 5) is 22.8. The maximum Gasteiger partial charge on any atom is 0.258 e. The van der Waals surface area contributed by atoms with Crippen molar-refractivity contribution in [2.45, 2.75) is 20.4 Å². The average Bonchev–Trinajstić information content (AvgIpc) is 2.53. The molecule has 4 nitrogen and oxygen atoms in total. The van der Waals surface area contributed by atoms with Gasteiger partial charge in [-0.25, -0.2) is 0 Å². The first kappa shape index (κ1) is 18.3. The summed E-state index contributed by atoms with van der Waals surface area (Å²) in [5.74, 6) is 0.347. The molecule has 2 rings (SSSR count). The summed E-state index contributed by atoms with van der Waals surface area (Å²) in [6, 6.07) is 8.55. The Hall–Kier alpha value is -2.04. The third kappa shape index (κ3) is 4.73. The third-order valence-corrected chi connectivity index (χ3v) is 4.04. The largest absolute Gasteiger partial charge is 0.483 e. The number of amides is 1. The Kier molecular flexibility index (Phi) is 6.23. The van der Waals surface area contributed by atoms with E-state index < -0.39 is 0 Å². The molecule has 1 N–H and O–H groups in total. The lowest BCUT2D eigenvalue weighted by Crippen LogP contribution is -2.28. The average molecular weight is 366 g/mol. The molecule has 0 spiro atoms. The van der Waals surface area contributed by atoms with Gasteiger partial charge in [0.1, 0.15) is 12.0 Å². The second-order valence-corrected chi connectivity index (χ2v) is 6.25. The molecule has 0 atom stereocenters. The molecule has 6 heteroatoms. The number of halogens is 2. The van der Waals surface area contributed by atoms with E-state index in [1.54, 1.807) is 30.3 Å². The van der Waals surface area contributed by atoms with E-state index in [9.17, 15) is 9.59 Å². The molecule has 24 heavy (non-hydrogen) atoms. The summed E-state index contributed by atoms with van der Waals surface area (Å²) in [6.45, 7) is 3.84. The molecule has 0 radical (unpaired) electrons. The van der Waals surface area contributed by atoms with Gasteiger partial charge in [-0.1, -0.05) is 29.3 Å². The fourth-order valence-electron chi connectivity index (χ4n) is 2.33. The number of rotatable bonds is 6. The molecule has 0 aliphatic heterocycles. The molecule has 0 bridgehead atoms. The lowest BCUT2D eigenvalue weighted by atomic mass is 10.1. The number of hydrogen-bond acceptors (Lipinski definition) is 3. The fourth-order valence-corrected chi connectivity index (χ4v) is 2.80. The Morgan fingerprint density at radius 3 is 2.42 bits per heavy atom. The van der Waals surface area contributed by atoms with Crippen LogP contribution in [0.5, 0.6) is 5.75 Å². The van der Waals surface area contributed by atoms with Gasteiger partial charge in [0, 0.05) is 22.2 Å². The maximum absolute atomic E-state index is 12.0.